The van der Waals surface area contributed by atoms with Crippen LogP contribution in [-0.4, -0.2) is 85.5 Å². The lowest BCUT2D eigenvalue weighted by Gasteiger charge is -2.36. The van der Waals surface area contributed by atoms with Crippen LogP contribution < -0.4 is 0 Å². The van der Waals surface area contributed by atoms with Crippen LogP contribution >= 0.6 is 0 Å². The predicted molar refractivity (Wildman–Crippen MR) is 96.2 cm³/mol. The highest BCUT2D eigenvalue weighted by molar-refractivity contribution is 5.95. The monoisotopic (exact) mass is 453 g/mol. The third-order valence-electron chi connectivity index (χ3n) is 5.22. The first-order chi connectivity index (χ1) is 14.4. The molecule has 6 nitrogen and oxygen atoms in total. The summed E-state index contributed by atoms with van der Waals surface area (Å²) in [6.45, 7) is 2.86. The molecule has 3 rings (SSSR count). The lowest BCUT2D eigenvalue weighted by Crippen LogP contribution is -2.53. The fourth-order valence-electron chi connectivity index (χ4n) is 3.47. The van der Waals surface area contributed by atoms with Crippen molar-refractivity contribution >= 4 is 11.8 Å². The number of alkyl halides is 6. The van der Waals surface area contributed by atoms with E-state index in [1.54, 1.807) is 0 Å². The Bertz CT molecular complexity index is 781. The molecule has 0 spiro atoms. The smallest absolute Gasteiger partial charge is 0.379 e. The summed E-state index contributed by atoms with van der Waals surface area (Å²) in [7, 11) is 0. The molecule has 2 saturated heterocycles. The first-order valence-corrected chi connectivity index (χ1v) is 9.62. The molecule has 0 atom stereocenters. The van der Waals surface area contributed by atoms with E-state index in [4.69, 9.17) is 4.74 Å². The number of amides is 2. The van der Waals surface area contributed by atoms with Crippen LogP contribution in [0.3, 0.4) is 0 Å². The van der Waals surface area contributed by atoms with Gasteiger partial charge in [-0.3, -0.25) is 14.5 Å². The van der Waals surface area contributed by atoms with Crippen molar-refractivity contribution in [1.29, 1.82) is 0 Å². The number of piperazine rings is 1. The van der Waals surface area contributed by atoms with Gasteiger partial charge in [0.1, 0.15) is 0 Å². The highest BCUT2D eigenvalue weighted by Gasteiger charge is 2.38. The molecule has 12 heteroatoms. The van der Waals surface area contributed by atoms with Crippen LogP contribution in [-0.2, 0) is 21.9 Å². The number of hydrogen-bond donors (Lipinski definition) is 0. The molecule has 0 N–H and O–H groups in total. The van der Waals surface area contributed by atoms with Crippen molar-refractivity contribution < 1.29 is 40.7 Å². The highest BCUT2D eigenvalue weighted by atomic mass is 19.4. The summed E-state index contributed by atoms with van der Waals surface area (Å²) in [5, 5.41) is 0. The molecule has 2 heterocycles. The second-order valence-electron chi connectivity index (χ2n) is 7.36. The van der Waals surface area contributed by atoms with Gasteiger partial charge in [-0.15, -0.1) is 0 Å². The van der Waals surface area contributed by atoms with Crippen molar-refractivity contribution in [3.8, 4) is 0 Å². The number of nitrogens with zero attached hydrogens (tertiary/aromatic N) is 3. The zero-order valence-electron chi connectivity index (χ0n) is 16.4. The van der Waals surface area contributed by atoms with Crippen molar-refractivity contribution in [3.63, 3.8) is 0 Å². The minimum atomic E-state index is -5.03. The fraction of sp³-hybridized carbons (Fsp3) is 0.579. The number of rotatable bonds is 3. The van der Waals surface area contributed by atoms with Crippen LogP contribution in [0.2, 0.25) is 0 Å². The second-order valence-corrected chi connectivity index (χ2v) is 7.36. The number of morpholine rings is 1. The molecule has 31 heavy (non-hydrogen) atoms. The maximum absolute atomic E-state index is 13.0. The Balaban J connectivity index is 1.66. The van der Waals surface area contributed by atoms with Gasteiger partial charge in [-0.05, 0) is 18.2 Å². The minimum Gasteiger partial charge on any atom is -0.379 e. The first-order valence-electron chi connectivity index (χ1n) is 9.62. The number of carbonyl (C=O) groups excluding carboxylic acids is 2. The van der Waals surface area contributed by atoms with E-state index in [0.29, 0.717) is 38.4 Å². The van der Waals surface area contributed by atoms with Crippen LogP contribution in [0.15, 0.2) is 18.2 Å². The number of halogens is 6. The van der Waals surface area contributed by atoms with E-state index >= 15 is 0 Å². The molecular weight excluding hydrogens is 432 g/mol. The molecule has 1 aromatic rings. The van der Waals surface area contributed by atoms with E-state index in [-0.39, 0.29) is 44.7 Å². The van der Waals surface area contributed by atoms with Gasteiger partial charge in [0.25, 0.3) is 5.91 Å². The molecule has 0 aromatic heterocycles. The SMILES string of the molecule is O=C(CN1CCOCC1)N1CCN(C(=O)c2cc(C(F)(F)F)cc(C(F)(F)F)c2)CC1. The van der Waals surface area contributed by atoms with Gasteiger partial charge in [0.2, 0.25) is 5.91 Å². The van der Waals surface area contributed by atoms with Gasteiger partial charge in [0.15, 0.2) is 0 Å². The average Bonchev–Trinajstić information content (AvgIpc) is 2.72. The minimum absolute atomic E-state index is 0.0149. The number of benzene rings is 1. The molecule has 2 aliphatic rings. The quantitative estimate of drug-likeness (QED) is 0.660. The Morgan fingerprint density at radius 2 is 1.26 bits per heavy atom. The van der Waals surface area contributed by atoms with Crippen molar-refractivity contribution in [2.24, 2.45) is 0 Å². The van der Waals surface area contributed by atoms with Crippen LogP contribution in [0.1, 0.15) is 21.5 Å². The van der Waals surface area contributed by atoms with Crippen LogP contribution in [0, 0.1) is 0 Å². The Labute approximate surface area is 174 Å². The van der Waals surface area contributed by atoms with Crippen molar-refractivity contribution in [1.82, 2.24) is 14.7 Å². The van der Waals surface area contributed by atoms with E-state index in [1.807, 2.05) is 4.90 Å². The van der Waals surface area contributed by atoms with E-state index in [1.165, 1.54) is 4.90 Å². The van der Waals surface area contributed by atoms with Gasteiger partial charge in [-0.25, -0.2) is 0 Å². The van der Waals surface area contributed by atoms with Crippen LogP contribution in [0.5, 0.6) is 0 Å². The maximum atomic E-state index is 13.0. The third-order valence-corrected chi connectivity index (χ3v) is 5.22. The highest BCUT2D eigenvalue weighted by Crippen LogP contribution is 2.36. The summed E-state index contributed by atoms with van der Waals surface area (Å²) in [5.74, 6) is -1.08. The number of ether oxygens (including phenoxy) is 1. The Morgan fingerprint density at radius 3 is 1.74 bits per heavy atom. The molecule has 2 fully saturated rings. The fourth-order valence-corrected chi connectivity index (χ4v) is 3.47. The van der Waals surface area contributed by atoms with E-state index in [2.05, 4.69) is 0 Å². The zero-order valence-corrected chi connectivity index (χ0v) is 16.4. The van der Waals surface area contributed by atoms with Gasteiger partial charge in [-0.1, -0.05) is 0 Å². The van der Waals surface area contributed by atoms with Gasteiger partial charge in [-0.2, -0.15) is 26.3 Å². The van der Waals surface area contributed by atoms with E-state index in [9.17, 15) is 35.9 Å². The van der Waals surface area contributed by atoms with Crippen molar-refractivity contribution in [2.45, 2.75) is 12.4 Å². The molecule has 0 saturated carbocycles. The van der Waals surface area contributed by atoms with Gasteiger partial charge < -0.3 is 14.5 Å². The summed E-state index contributed by atoms with van der Waals surface area (Å²) in [5.41, 5.74) is -3.76. The zero-order chi connectivity index (χ0) is 22.8. The molecule has 2 amide bonds. The molecule has 0 aliphatic carbocycles. The topological polar surface area (TPSA) is 53.1 Å². The van der Waals surface area contributed by atoms with Crippen LogP contribution in [0.4, 0.5) is 26.3 Å². The predicted octanol–water partition coefficient (Wildman–Crippen LogP) is 2.34. The van der Waals surface area contributed by atoms with Gasteiger partial charge in [0, 0.05) is 44.8 Å². The summed E-state index contributed by atoms with van der Waals surface area (Å²) in [6.07, 6.45) is -10.1. The van der Waals surface area contributed by atoms with E-state index < -0.39 is 35.0 Å². The van der Waals surface area contributed by atoms with Gasteiger partial charge in [0.05, 0.1) is 30.9 Å². The standard InChI is InChI=1S/C19H21F6N3O3/c20-18(21,22)14-9-13(10-15(11-14)19(23,24)25)17(30)28-3-1-27(2-4-28)16(29)12-26-5-7-31-8-6-26/h9-11H,1-8,12H2. The van der Waals surface area contributed by atoms with E-state index in [0.717, 1.165) is 4.90 Å². The molecule has 2 aliphatic heterocycles. The third kappa shape index (κ3) is 5.88. The molecule has 0 radical (unpaired) electrons. The van der Waals surface area contributed by atoms with Crippen LogP contribution in [0.25, 0.3) is 0 Å². The second kappa shape index (κ2) is 9.03. The van der Waals surface area contributed by atoms with Crippen molar-refractivity contribution in [2.75, 3.05) is 59.0 Å². The molecule has 0 unspecified atom stereocenters. The first kappa shape index (κ1) is 23.3. The number of hydrogen-bond acceptors (Lipinski definition) is 4. The molecule has 1 aromatic carbocycles. The summed E-state index contributed by atoms with van der Waals surface area (Å²) in [6, 6.07) is 0.833. The van der Waals surface area contributed by atoms with Crippen molar-refractivity contribution in [3.05, 3.63) is 34.9 Å². The maximum Gasteiger partial charge on any atom is 0.416 e. The lowest BCUT2D eigenvalue weighted by molar-refractivity contribution is -0.143. The molecule has 172 valence electrons. The molecular formula is C19H21F6N3O3. The summed E-state index contributed by atoms with van der Waals surface area (Å²) < 4.78 is 83.4. The molecule has 0 bridgehead atoms. The summed E-state index contributed by atoms with van der Waals surface area (Å²) >= 11 is 0. The average molecular weight is 453 g/mol. The normalized spacial score (nSPS) is 18.9. The Hall–Kier alpha value is -2.34. The largest absolute Gasteiger partial charge is 0.416 e. The van der Waals surface area contributed by atoms with Gasteiger partial charge >= 0.3 is 12.4 Å². The Morgan fingerprint density at radius 1 is 0.774 bits per heavy atom. The Kier molecular flexibility index (Phi) is 6.79. The lowest BCUT2D eigenvalue weighted by atomic mass is 10.0. The summed E-state index contributed by atoms with van der Waals surface area (Å²) in [4.78, 5) is 29.7. The number of carbonyl (C=O) groups is 2.